The standard InChI is InChI=1S/C10H24O2Si2.C8H24O4Si4.C7H24O3Si4.C7H22O3Si3.C7H20O2Si3/c1-4-5-9-14(3)10-7-6-8-11-13(2)12-14;1-13-8-6-5-7-9-14(2)11-16(4)12-15(3)10-13;1-11(2)8-13(5)10-14(6,7)9-12(3)4;1-11(2)8-7(9-12(3)4)10-13(5)6;1-6-11(8)7-10(2)9-12(3,4)5/h13H,4-10H2,1-3H3;13-16H,5-8H2,1-4H3;11-13H,1-7H3;7,11-13H,1-6H3;10H,6-7H2,1-5H3. The molecule has 2 saturated heterocycles. The van der Waals surface area contributed by atoms with Gasteiger partial charge in [-0.05, 0) is 188 Å². The van der Waals surface area contributed by atoms with Crippen molar-refractivity contribution in [3.05, 3.63) is 0 Å². The van der Waals surface area contributed by atoms with Gasteiger partial charge in [-0.1, -0.05) is 39.5 Å². The highest BCUT2D eigenvalue weighted by atomic mass is 28.5. The summed E-state index contributed by atoms with van der Waals surface area (Å²) in [6, 6.07) is 4.78. The quantitative estimate of drug-likeness (QED) is 0.0849. The van der Waals surface area contributed by atoms with Crippen LogP contribution in [-0.4, -0.2) is 163 Å². The molecule has 8 atom stereocenters. The lowest BCUT2D eigenvalue weighted by atomic mass is 10.4. The maximum absolute atomic E-state index is 11.3. The van der Waals surface area contributed by atoms with E-state index in [0.717, 1.165) is 31.3 Å². The van der Waals surface area contributed by atoms with Gasteiger partial charge in [0.05, 0.1) is 0 Å². The summed E-state index contributed by atoms with van der Waals surface area (Å²) in [5, 5.41) is 0. The summed E-state index contributed by atoms with van der Waals surface area (Å²) in [4.78, 5) is 0. The first-order valence-electron chi connectivity index (χ1n) is 26.8. The molecule has 0 bridgehead atoms. The van der Waals surface area contributed by atoms with Gasteiger partial charge in [0.1, 0.15) is 0 Å². The molecule has 2 rings (SSSR count). The molecule has 2 aliphatic heterocycles. The van der Waals surface area contributed by atoms with E-state index in [1.165, 1.54) is 50.2 Å². The van der Waals surface area contributed by atoms with Crippen LogP contribution in [0.3, 0.4) is 0 Å². The lowest BCUT2D eigenvalue weighted by Gasteiger charge is -2.32. The topological polar surface area (TPSA) is 137 Å². The molecule has 0 saturated carbocycles. The van der Waals surface area contributed by atoms with E-state index in [4.69, 9.17) is 55.1 Å². The Morgan fingerprint density at radius 1 is 0.623 bits per heavy atom. The average Bonchev–Trinajstić information content (AvgIpc) is 3.13. The largest absolute Gasteiger partial charge is 0.458 e. The van der Waals surface area contributed by atoms with Crippen LogP contribution >= 0.6 is 0 Å². The van der Waals surface area contributed by atoms with Crippen LogP contribution in [0.25, 0.3) is 0 Å². The van der Waals surface area contributed by atoms with Crippen LogP contribution in [0.15, 0.2) is 0 Å². The van der Waals surface area contributed by atoms with Gasteiger partial charge >= 0.3 is 27.1 Å². The minimum Gasteiger partial charge on any atom is -0.458 e. The van der Waals surface area contributed by atoms with Crippen molar-refractivity contribution >= 4 is 144 Å². The molecule has 418 valence electrons. The van der Waals surface area contributed by atoms with E-state index in [2.05, 4.69) is 158 Å². The summed E-state index contributed by atoms with van der Waals surface area (Å²) < 4.78 is 87.2. The fourth-order valence-corrected chi connectivity index (χ4v) is 49.3. The van der Waals surface area contributed by atoms with Crippen LogP contribution in [0, 0.1) is 0 Å². The zero-order chi connectivity index (χ0) is 54.0. The Labute approximate surface area is 452 Å². The van der Waals surface area contributed by atoms with Crippen molar-refractivity contribution in [2.45, 2.75) is 239 Å². The second-order valence-corrected chi connectivity index (χ2v) is 65.2. The van der Waals surface area contributed by atoms with Crippen LogP contribution in [-0.2, 0) is 59.5 Å². The molecular formula is C39H114O14Si16. The molecule has 2 heterocycles. The smallest absolute Gasteiger partial charge is 0.312 e. The minimum absolute atomic E-state index is 0.356. The number of hydrogen-bond donors (Lipinski definition) is 0. The molecule has 0 aromatic rings. The molecule has 8 unspecified atom stereocenters. The Hall–Kier alpha value is 2.75. The van der Waals surface area contributed by atoms with Crippen LogP contribution < -0.4 is 0 Å². The van der Waals surface area contributed by atoms with E-state index >= 15 is 0 Å². The molecular weight excluding hydrogens is 1140 g/mol. The van der Waals surface area contributed by atoms with Crippen LogP contribution in [0.2, 0.25) is 180 Å². The van der Waals surface area contributed by atoms with Gasteiger partial charge in [0.25, 0.3) is 36.5 Å². The fourth-order valence-electron chi connectivity index (χ4n) is 7.18. The zero-order valence-electron chi connectivity index (χ0n) is 49.4. The summed E-state index contributed by atoms with van der Waals surface area (Å²) in [6.07, 6.45) is 7.56. The normalized spacial score (nSPS) is 24.2. The van der Waals surface area contributed by atoms with Crippen LogP contribution in [0.5, 0.6) is 0 Å². The molecule has 0 N–H and O–H groups in total. The van der Waals surface area contributed by atoms with Crippen molar-refractivity contribution in [3.63, 3.8) is 0 Å². The number of hydrogen-bond acceptors (Lipinski definition) is 14. The van der Waals surface area contributed by atoms with E-state index in [9.17, 15) is 4.46 Å². The Kier molecular flexibility index (Phi) is 48.1. The molecule has 2 aliphatic rings. The van der Waals surface area contributed by atoms with Gasteiger partial charge in [0.2, 0.25) is 6.48 Å². The molecule has 14 nitrogen and oxygen atoms in total. The minimum atomic E-state index is -1.88. The van der Waals surface area contributed by atoms with Gasteiger partial charge in [-0.2, -0.15) is 0 Å². The van der Waals surface area contributed by atoms with Crippen LogP contribution in [0.4, 0.5) is 0 Å². The zero-order valence-corrected chi connectivity index (χ0v) is 67.3. The summed E-state index contributed by atoms with van der Waals surface area (Å²) in [7, 11) is -20.1. The molecule has 0 radical (unpaired) electrons. The Balaban J connectivity index is -0.000000792. The van der Waals surface area contributed by atoms with Crippen molar-refractivity contribution in [3.8, 4) is 0 Å². The van der Waals surface area contributed by atoms with E-state index in [1.54, 1.807) is 0 Å². The average molecular weight is 1260 g/mol. The van der Waals surface area contributed by atoms with Gasteiger partial charge in [-0.15, -0.1) is 0 Å². The molecule has 0 aliphatic carbocycles. The van der Waals surface area contributed by atoms with Crippen molar-refractivity contribution in [1.29, 1.82) is 0 Å². The fraction of sp³-hybridized carbons (Fsp3) is 1.00. The lowest BCUT2D eigenvalue weighted by Crippen LogP contribution is -2.44. The summed E-state index contributed by atoms with van der Waals surface area (Å²) in [6.45, 7) is 55.4. The van der Waals surface area contributed by atoms with Gasteiger partial charge in [-0.25, -0.2) is 0 Å². The van der Waals surface area contributed by atoms with E-state index in [-0.39, 0.29) is 6.48 Å². The maximum Gasteiger partial charge on any atom is 0.312 e. The summed E-state index contributed by atoms with van der Waals surface area (Å²) in [5.74, 6) is 0. The van der Waals surface area contributed by atoms with Crippen LogP contribution in [0.1, 0.15) is 52.4 Å². The third kappa shape index (κ3) is 53.9. The first kappa shape index (κ1) is 76.0. The maximum atomic E-state index is 11.3. The first-order chi connectivity index (χ1) is 31.7. The Morgan fingerprint density at radius 2 is 1.12 bits per heavy atom. The SMILES string of the molecule is CCCC[Si]1(C)CCCCO[SiH](C)O1.CC[Si](=O)C[SiH](C)O[Si](C)(C)C.C[SiH](C)OC(O[SiH](C)C)O[SiH](C)C.C[SiH](C)O[SiH](C)O[Si](C)(C)O[SiH](C)C.C[SiH]1CCCCO[SiH](C)O[SiH](C)O[SiH](C)O1. The number of unbranched alkanes of at least 4 members (excludes halogenated alkanes) is 1. The van der Waals surface area contributed by atoms with E-state index in [0.29, 0.717) is 0 Å². The molecule has 0 aromatic carbocycles. The molecule has 0 amide bonds. The highest BCUT2D eigenvalue weighted by Gasteiger charge is 2.32. The molecule has 2 fully saturated rings. The predicted octanol–water partition coefficient (Wildman–Crippen LogP) is 8.79. The highest BCUT2D eigenvalue weighted by molar-refractivity contribution is 6.80. The Bertz CT molecular complexity index is 1180. The summed E-state index contributed by atoms with van der Waals surface area (Å²) in [5.41, 5.74) is 0.894. The van der Waals surface area contributed by atoms with E-state index in [1.807, 2.05) is 6.92 Å². The molecule has 30 heteroatoms. The van der Waals surface area contributed by atoms with Gasteiger partial charge < -0.3 is 59.5 Å². The summed E-state index contributed by atoms with van der Waals surface area (Å²) >= 11 is 0. The van der Waals surface area contributed by atoms with Gasteiger partial charge in [-0.3, -0.25) is 0 Å². The second kappa shape index (κ2) is 43.7. The van der Waals surface area contributed by atoms with Gasteiger partial charge in [0, 0.05) is 18.9 Å². The monoisotopic (exact) mass is 1250 g/mol. The third-order valence-electron chi connectivity index (χ3n) is 9.56. The molecule has 0 spiro atoms. The van der Waals surface area contributed by atoms with Crippen molar-refractivity contribution in [1.82, 2.24) is 0 Å². The highest BCUT2D eigenvalue weighted by Crippen LogP contribution is 2.26. The van der Waals surface area contributed by atoms with E-state index < -0.39 is 144 Å². The predicted molar refractivity (Wildman–Crippen MR) is 335 cm³/mol. The van der Waals surface area contributed by atoms with Gasteiger partial charge in [0.15, 0.2) is 79.9 Å². The Morgan fingerprint density at radius 3 is 1.58 bits per heavy atom. The lowest BCUT2D eigenvalue weighted by molar-refractivity contribution is -0.147. The van der Waals surface area contributed by atoms with Crippen molar-refractivity contribution < 1.29 is 59.5 Å². The van der Waals surface area contributed by atoms with Crippen molar-refractivity contribution in [2.24, 2.45) is 0 Å². The second-order valence-electron chi connectivity index (χ2n) is 21.3. The molecule has 0 aromatic heterocycles. The van der Waals surface area contributed by atoms with Crippen molar-refractivity contribution in [2.75, 3.05) is 13.2 Å². The molecule has 69 heavy (non-hydrogen) atoms. The first-order valence-corrected chi connectivity index (χ1v) is 66.9. The number of rotatable bonds is 20. The third-order valence-corrected chi connectivity index (χ3v) is 51.3.